The van der Waals surface area contributed by atoms with Crippen molar-refractivity contribution >= 4 is 0 Å². The maximum atomic E-state index is 10.7. The van der Waals surface area contributed by atoms with Crippen LogP contribution in [0.2, 0.25) is 0 Å². The van der Waals surface area contributed by atoms with Crippen LogP contribution < -0.4 is 0 Å². The number of hydrogen-bond acceptors (Lipinski definition) is 1. The van der Waals surface area contributed by atoms with E-state index >= 15 is 0 Å². The molecule has 0 saturated heterocycles. The summed E-state index contributed by atoms with van der Waals surface area (Å²) in [6, 6.07) is 0. The van der Waals surface area contributed by atoms with Crippen LogP contribution in [0, 0.1) is 6.67 Å². The molecule has 0 aromatic carbocycles. The minimum atomic E-state index is 0.0972. The fourth-order valence-electron chi connectivity index (χ4n) is 0.0630. The predicted molar refractivity (Wildman–Crippen MR) is 17.3 cm³/mol. The highest BCUT2D eigenvalue weighted by molar-refractivity contribution is 4.36. The molecule has 0 aromatic heterocycles. The molecule has 0 bridgehead atoms. The molecule has 0 heterocycles. The molecular weight excluding hydrogens is 71.0 g/mol. The van der Waals surface area contributed by atoms with Gasteiger partial charge in [-0.05, 0) is 0 Å². The van der Waals surface area contributed by atoms with Gasteiger partial charge in [0.25, 0.3) is 0 Å². The predicted octanol–water partition coefficient (Wildman–Crippen LogP) is 0.764. The van der Waals surface area contributed by atoms with Crippen LogP contribution in [0.5, 0.6) is 0 Å². The van der Waals surface area contributed by atoms with Gasteiger partial charge in [-0.3, -0.25) is 0 Å². The lowest BCUT2D eigenvalue weighted by atomic mass is 10.8. The molecule has 5 heavy (non-hydrogen) atoms. The second kappa shape index (κ2) is 3.89. The molecule has 0 aromatic rings. The van der Waals surface area contributed by atoms with Crippen molar-refractivity contribution in [2.24, 2.45) is 0 Å². The van der Waals surface area contributed by atoms with Gasteiger partial charge in [-0.15, -0.1) is 0 Å². The normalized spacial score (nSPS) is 8.40. The van der Waals surface area contributed by atoms with Crippen LogP contribution in [0.1, 0.15) is 0 Å². The SMILES string of the molecule is COC[CH]F. The Kier molecular flexibility index (Phi) is 3.80. The standard InChI is InChI=1S/C3H6FO/c1-5-3-2-4/h2H,3H2,1H3. The minimum absolute atomic E-state index is 0.0972. The Labute approximate surface area is 30.7 Å². The van der Waals surface area contributed by atoms with Gasteiger partial charge in [-0.25, -0.2) is 4.39 Å². The van der Waals surface area contributed by atoms with Crippen molar-refractivity contribution in [3.8, 4) is 0 Å². The Bertz CT molecular complexity index is 14.4. The highest BCUT2D eigenvalue weighted by Crippen LogP contribution is 1.73. The topological polar surface area (TPSA) is 9.23 Å². The Morgan fingerprint density at radius 1 is 2.00 bits per heavy atom. The number of ether oxygens (including phenoxy) is 1. The maximum absolute atomic E-state index is 10.7. The molecule has 0 aliphatic rings. The van der Waals surface area contributed by atoms with E-state index in [1.54, 1.807) is 0 Å². The molecule has 0 unspecified atom stereocenters. The number of methoxy groups -OCH3 is 1. The summed E-state index contributed by atoms with van der Waals surface area (Å²) in [6.07, 6.45) is 0. The molecule has 1 radical (unpaired) electrons. The molecule has 0 spiro atoms. The lowest BCUT2D eigenvalue weighted by molar-refractivity contribution is 0.202. The van der Waals surface area contributed by atoms with E-state index in [2.05, 4.69) is 4.74 Å². The summed E-state index contributed by atoms with van der Waals surface area (Å²) in [7, 11) is 1.44. The van der Waals surface area contributed by atoms with E-state index in [9.17, 15) is 4.39 Å². The zero-order valence-corrected chi connectivity index (χ0v) is 3.07. The largest absolute Gasteiger partial charge is 0.382 e. The molecule has 0 aliphatic heterocycles. The van der Waals surface area contributed by atoms with Gasteiger partial charge in [0.1, 0.15) is 0 Å². The Morgan fingerprint density at radius 3 is 2.60 bits per heavy atom. The molecule has 0 amide bonds. The van der Waals surface area contributed by atoms with Gasteiger partial charge in [0, 0.05) is 7.11 Å². The Balaban J connectivity index is 2.19. The van der Waals surface area contributed by atoms with Crippen molar-refractivity contribution in [3.63, 3.8) is 0 Å². The third-order valence-corrected chi connectivity index (χ3v) is 0.230. The van der Waals surface area contributed by atoms with E-state index in [4.69, 9.17) is 0 Å². The van der Waals surface area contributed by atoms with Gasteiger partial charge in [-0.2, -0.15) is 0 Å². The minimum Gasteiger partial charge on any atom is -0.382 e. The first kappa shape index (κ1) is 4.89. The van der Waals surface area contributed by atoms with Crippen LogP contribution in [0.25, 0.3) is 0 Å². The zero-order chi connectivity index (χ0) is 4.12. The third-order valence-electron chi connectivity index (χ3n) is 0.230. The van der Waals surface area contributed by atoms with Gasteiger partial charge >= 0.3 is 0 Å². The summed E-state index contributed by atoms with van der Waals surface area (Å²) < 4.78 is 15.0. The maximum Gasteiger partial charge on any atom is 0.157 e. The van der Waals surface area contributed by atoms with Crippen molar-refractivity contribution < 1.29 is 9.13 Å². The summed E-state index contributed by atoms with van der Waals surface area (Å²) in [6.45, 7) is 0.556. The molecule has 1 nitrogen and oxygen atoms in total. The van der Waals surface area contributed by atoms with Crippen molar-refractivity contribution in [2.45, 2.75) is 0 Å². The first-order valence-corrected chi connectivity index (χ1v) is 1.32. The van der Waals surface area contributed by atoms with Crippen LogP contribution in [-0.4, -0.2) is 13.7 Å². The highest BCUT2D eigenvalue weighted by atomic mass is 19.1. The second-order valence-electron chi connectivity index (χ2n) is 0.610. The molecule has 0 atom stereocenters. The first-order valence-electron chi connectivity index (χ1n) is 1.32. The van der Waals surface area contributed by atoms with Crippen LogP contribution in [0.4, 0.5) is 4.39 Å². The molecule has 0 saturated carbocycles. The summed E-state index contributed by atoms with van der Waals surface area (Å²) in [5.74, 6) is 0. The third kappa shape index (κ3) is 3.89. The zero-order valence-electron chi connectivity index (χ0n) is 3.07. The lowest BCUT2D eigenvalue weighted by Gasteiger charge is -1.81. The highest BCUT2D eigenvalue weighted by Gasteiger charge is 1.71. The Hall–Kier alpha value is -0.110. The second-order valence-corrected chi connectivity index (χ2v) is 0.610. The van der Waals surface area contributed by atoms with E-state index in [1.165, 1.54) is 7.11 Å². The number of halogens is 1. The quantitative estimate of drug-likeness (QED) is 0.473. The summed E-state index contributed by atoms with van der Waals surface area (Å²) >= 11 is 0. The smallest absolute Gasteiger partial charge is 0.157 e. The molecule has 0 rings (SSSR count). The monoisotopic (exact) mass is 77.0 g/mol. The number of rotatable bonds is 2. The van der Waals surface area contributed by atoms with E-state index in [-0.39, 0.29) is 6.61 Å². The lowest BCUT2D eigenvalue weighted by Crippen LogP contribution is -1.80. The molecule has 31 valence electrons. The van der Waals surface area contributed by atoms with Gasteiger partial charge in [-0.1, -0.05) is 0 Å². The average Bonchev–Trinajstić information content (AvgIpc) is 1.41. The molecular formula is C3H6FO. The summed E-state index contributed by atoms with van der Waals surface area (Å²) in [4.78, 5) is 0. The van der Waals surface area contributed by atoms with Gasteiger partial charge in [0.15, 0.2) is 6.67 Å². The average molecular weight is 77.1 g/mol. The fraction of sp³-hybridized carbons (Fsp3) is 0.667. The Morgan fingerprint density at radius 2 is 2.60 bits per heavy atom. The van der Waals surface area contributed by atoms with Crippen LogP contribution in [0.15, 0.2) is 0 Å². The summed E-state index contributed by atoms with van der Waals surface area (Å²) in [5, 5.41) is 0. The van der Waals surface area contributed by atoms with E-state index < -0.39 is 0 Å². The number of hydrogen-bond donors (Lipinski definition) is 0. The van der Waals surface area contributed by atoms with Crippen molar-refractivity contribution in [1.29, 1.82) is 0 Å². The van der Waals surface area contributed by atoms with Gasteiger partial charge in [0.2, 0.25) is 0 Å². The van der Waals surface area contributed by atoms with Gasteiger partial charge < -0.3 is 4.74 Å². The molecule has 0 fully saturated rings. The molecule has 0 N–H and O–H groups in total. The van der Waals surface area contributed by atoms with E-state index in [0.29, 0.717) is 6.67 Å². The van der Waals surface area contributed by atoms with Gasteiger partial charge in [0.05, 0.1) is 6.61 Å². The van der Waals surface area contributed by atoms with Crippen molar-refractivity contribution in [1.82, 2.24) is 0 Å². The van der Waals surface area contributed by atoms with Crippen molar-refractivity contribution in [2.75, 3.05) is 13.7 Å². The summed E-state index contributed by atoms with van der Waals surface area (Å²) in [5.41, 5.74) is 0. The van der Waals surface area contributed by atoms with E-state index in [1.807, 2.05) is 0 Å². The first-order chi connectivity index (χ1) is 2.41. The molecule has 0 aliphatic carbocycles. The van der Waals surface area contributed by atoms with Crippen LogP contribution in [0.3, 0.4) is 0 Å². The van der Waals surface area contributed by atoms with Crippen LogP contribution in [-0.2, 0) is 4.74 Å². The van der Waals surface area contributed by atoms with Crippen molar-refractivity contribution in [3.05, 3.63) is 6.67 Å². The van der Waals surface area contributed by atoms with Crippen LogP contribution >= 0.6 is 0 Å². The fourth-order valence-corrected chi connectivity index (χ4v) is 0.0630. The molecule has 2 heteroatoms. The van der Waals surface area contributed by atoms with E-state index in [0.717, 1.165) is 0 Å².